The van der Waals surface area contributed by atoms with Crippen molar-refractivity contribution in [2.45, 2.75) is 37.3 Å². The zero-order valence-electron chi connectivity index (χ0n) is 21.4. The predicted molar refractivity (Wildman–Crippen MR) is 141 cm³/mol. The van der Waals surface area contributed by atoms with Crippen LogP contribution in [0.25, 0.3) is 11.0 Å². The second-order valence-corrected chi connectivity index (χ2v) is 11.1. The minimum Gasteiger partial charge on any atom is -0.370 e. The van der Waals surface area contributed by atoms with Crippen molar-refractivity contribution in [3.63, 3.8) is 0 Å². The fourth-order valence-electron chi connectivity index (χ4n) is 5.98. The summed E-state index contributed by atoms with van der Waals surface area (Å²) < 4.78 is 1.78. The lowest BCUT2D eigenvalue weighted by molar-refractivity contribution is -0.0884. The summed E-state index contributed by atoms with van der Waals surface area (Å²) >= 11 is 0. The number of hydrogen-bond acceptors (Lipinski definition) is 7. The molecule has 1 aromatic carbocycles. The van der Waals surface area contributed by atoms with Gasteiger partial charge in [-0.3, -0.25) is 14.2 Å². The summed E-state index contributed by atoms with van der Waals surface area (Å²) in [6.07, 6.45) is 5.80. The molecule has 1 N–H and O–H groups in total. The maximum Gasteiger partial charge on any atom is 0.265 e. The van der Waals surface area contributed by atoms with Crippen molar-refractivity contribution in [1.82, 2.24) is 24.3 Å². The molecule has 0 unspecified atom stereocenters. The van der Waals surface area contributed by atoms with Crippen molar-refractivity contribution in [2.75, 3.05) is 51.5 Å². The molecule has 9 nitrogen and oxygen atoms in total. The smallest absolute Gasteiger partial charge is 0.265 e. The van der Waals surface area contributed by atoms with E-state index in [0.29, 0.717) is 28.9 Å². The van der Waals surface area contributed by atoms with Gasteiger partial charge in [-0.1, -0.05) is 0 Å². The second kappa shape index (κ2) is 8.30. The number of amides is 1. The van der Waals surface area contributed by atoms with E-state index >= 15 is 0 Å². The average molecular weight is 488 g/mol. The Labute approximate surface area is 210 Å². The van der Waals surface area contributed by atoms with E-state index in [1.165, 1.54) is 17.0 Å². The van der Waals surface area contributed by atoms with E-state index in [4.69, 9.17) is 4.98 Å². The van der Waals surface area contributed by atoms with E-state index in [0.717, 1.165) is 38.0 Å². The number of anilines is 3. The van der Waals surface area contributed by atoms with Crippen LogP contribution in [-0.2, 0) is 5.54 Å². The van der Waals surface area contributed by atoms with Crippen LogP contribution in [-0.4, -0.2) is 77.6 Å². The summed E-state index contributed by atoms with van der Waals surface area (Å²) in [5, 5.41) is 4.01. The minimum absolute atomic E-state index is 0.176. The second-order valence-electron chi connectivity index (χ2n) is 11.1. The maximum absolute atomic E-state index is 13.5. The third-order valence-corrected chi connectivity index (χ3v) is 8.24. The summed E-state index contributed by atoms with van der Waals surface area (Å²) in [5.74, 6) is 0.830. The molecule has 3 aromatic rings. The molecule has 7 rings (SSSR count). The first-order valence-electron chi connectivity index (χ1n) is 12.7. The molecule has 2 bridgehead atoms. The molecular formula is C27H33N7O2. The van der Waals surface area contributed by atoms with E-state index in [1.807, 2.05) is 12.1 Å². The van der Waals surface area contributed by atoms with Gasteiger partial charge in [0.2, 0.25) is 5.95 Å². The lowest BCUT2D eigenvalue weighted by atomic mass is 9.49. The normalized spacial score (nSPS) is 24.5. The number of nitrogens with one attached hydrogen (secondary N) is 1. The van der Waals surface area contributed by atoms with Crippen LogP contribution >= 0.6 is 0 Å². The number of pyridine rings is 1. The molecule has 3 saturated carbocycles. The first kappa shape index (κ1) is 23.0. The van der Waals surface area contributed by atoms with Gasteiger partial charge in [0.25, 0.3) is 11.5 Å². The molecule has 36 heavy (non-hydrogen) atoms. The highest BCUT2D eigenvalue weighted by molar-refractivity contribution is 5.96. The number of hydrogen-bond donors (Lipinski definition) is 1. The van der Waals surface area contributed by atoms with Crippen LogP contribution in [0.2, 0.25) is 0 Å². The van der Waals surface area contributed by atoms with Crippen LogP contribution in [0, 0.1) is 5.92 Å². The Kier molecular flexibility index (Phi) is 5.29. The van der Waals surface area contributed by atoms with E-state index < -0.39 is 0 Å². The number of benzene rings is 1. The maximum atomic E-state index is 13.5. The van der Waals surface area contributed by atoms with Crippen molar-refractivity contribution in [2.24, 2.45) is 5.92 Å². The van der Waals surface area contributed by atoms with Gasteiger partial charge in [-0.05, 0) is 76.0 Å². The standard InChI is InChI=1S/C27H33N7O2/c1-31(2)21-9-10-33(16-21)20-7-5-19(6-8-20)29-26-28-15-18-11-22(24(35)32(3)4)25(36)34(23(18)30-26)27-12-17(13-27)14-27/h5-8,11,15,17,21H,9-10,12-14,16H2,1-4H3,(H,28,29,30)/t17?,21-,27?/m1/s1. The number of likely N-dealkylation sites (N-methyl/N-ethyl adjacent to an activating group) is 1. The van der Waals surface area contributed by atoms with Gasteiger partial charge in [0, 0.05) is 56.2 Å². The van der Waals surface area contributed by atoms with Gasteiger partial charge in [0.15, 0.2) is 0 Å². The molecule has 0 radical (unpaired) electrons. The van der Waals surface area contributed by atoms with Crippen molar-refractivity contribution < 1.29 is 4.79 Å². The fraction of sp³-hybridized carbons (Fsp3) is 0.481. The van der Waals surface area contributed by atoms with Crippen LogP contribution in [0.4, 0.5) is 17.3 Å². The summed E-state index contributed by atoms with van der Waals surface area (Å²) in [6, 6.07) is 10.5. The van der Waals surface area contributed by atoms with Gasteiger partial charge in [-0.2, -0.15) is 4.98 Å². The molecule has 1 atom stereocenters. The first-order valence-corrected chi connectivity index (χ1v) is 12.7. The third kappa shape index (κ3) is 3.64. The number of fused-ring (bicyclic) bond motifs is 1. The van der Waals surface area contributed by atoms with Gasteiger partial charge in [0.1, 0.15) is 11.2 Å². The largest absolute Gasteiger partial charge is 0.370 e. The molecule has 4 aliphatic rings. The van der Waals surface area contributed by atoms with Gasteiger partial charge >= 0.3 is 0 Å². The highest BCUT2D eigenvalue weighted by atomic mass is 16.2. The predicted octanol–water partition coefficient (Wildman–Crippen LogP) is 2.89. The quantitative estimate of drug-likeness (QED) is 0.572. The van der Waals surface area contributed by atoms with Crippen LogP contribution in [0.15, 0.2) is 41.3 Å². The highest BCUT2D eigenvalue weighted by Crippen LogP contribution is 2.62. The van der Waals surface area contributed by atoms with Crippen molar-refractivity contribution in [1.29, 1.82) is 0 Å². The van der Waals surface area contributed by atoms with Crippen LogP contribution in [0.1, 0.15) is 36.0 Å². The Morgan fingerprint density at radius 1 is 1.11 bits per heavy atom. The van der Waals surface area contributed by atoms with E-state index in [9.17, 15) is 9.59 Å². The Hall–Kier alpha value is -3.46. The third-order valence-electron chi connectivity index (χ3n) is 8.24. The lowest BCUT2D eigenvalue weighted by Crippen LogP contribution is -2.62. The molecule has 1 amide bonds. The zero-order valence-corrected chi connectivity index (χ0v) is 21.4. The van der Waals surface area contributed by atoms with Gasteiger partial charge in [-0.15, -0.1) is 0 Å². The Morgan fingerprint density at radius 2 is 1.83 bits per heavy atom. The molecular weight excluding hydrogens is 454 g/mol. The van der Waals surface area contributed by atoms with Crippen molar-refractivity contribution in [3.8, 4) is 0 Å². The van der Waals surface area contributed by atoms with Crippen LogP contribution in [0.3, 0.4) is 0 Å². The summed E-state index contributed by atoms with van der Waals surface area (Å²) in [6.45, 7) is 2.09. The van der Waals surface area contributed by atoms with Crippen LogP contribution < -0.4 is 15.8 Å². The van der Waals surface area contributed by atoms with Crippen molar-refractivity contribution in [3.05, 3.63) is 52.4 Å². The minimum atomic E-state index is -0.292. The van der Waals surface area contributed by atoms with Crippen molar-refractivity contribution >= 4 is 34.3 Å². The summed E-state index contributed by atoms with van der Waals surface area (Å²) in [4.78, 5) is 41.7. The molecule has 1 saturated heterocycles. The number of aromatic nitrogens is 3. The number of carbonyl (C=O) groups is 1. The highest BCUT2D eigenvalue weighted by Gasteiger charge is 2.59. The molecule has 9 heteroatoms. The lowest BCUT2D eigenvalue weighted by Gasteiger charge is -2.62. The zero-order chi connectivity index (χ0) is 25.2. The fourth-order valence-corrected chi connectivity index (χ4v) is 5.98. The SMILES string of the molecule is CN(C)C(=O)c1cc2cnc(Nc3ccc(N4CC[C@@H](N(C)C)C4)cc3)nc2n(C23CC(C2)C3)c1=O. The topological polar surface area (TPSA) is 86.6 Å². The molecule has 1 aliphatic heterocycles. The number of carbonyl (C=O) groups excluding carboxylic acids is 1. The summed E-state index contributed by atoms with van der Waals surface area (Å²) in [5.41, 5.74) is 2.40. The van der Waals surface area contributed by atoms with Gasteiger partial charge < -0.3 is 20.0 Å². The molecule has 3 heterocycles. The van der Waals surface area contributed by atoms with Crippen LogP contribution in [0.5, 0.6) is 0 Å². The monoisotopic (exact) mass is 487 g/mol. The number of rotatable bonds is 6. The Balaban J connectivity index is 1.30. The molecule has 2 aromatic heterocycles. The van der Waals surface area contributed by atoms with E-state index in [1.54, 1.807) is 30.9 Å². The Morgan fingerprint density at radius 3 is 2.42 bits per heavy atom. The van der Waals surface area contributed by atoms with Gasteiger partial charge in [0.05, 0.1) is 5.54 Å². The molecule has 3 aliphatic carbocycles. The first-order chi connectivity index (χ1) is 17.2. The number of nitrogens with zero attached hydrogens (tertiary/aromatic N) is 6. The molecule has 0 spiro atoms. The summed E-state index contributed by atoms with van der Waals surface area (Å²) in [7, 11) is 7.60. The average Bonchev–Trinajstić information content (AvgIpc) is 3.29. The van der Waals surface area contributed by atoms with Gasteiger partial charge in [-0.25, -0.2) is 4.98 Å². The van der Waals surface area contributed by atoms with E-state index in [-0.39, 0.29) is 22.6 Å². The molecule has 188 valence electrons. The Bertz CT molecular complexity index is 1380. The van der Waals surface area contributed by atoms with E-state index in [2.05, 4.69) is 46.3 Å². The molecule has 4 fully saturated rings.